The van der Waals surface area contributed by atoms with Gasteiger partial charge in [-0.1, -0.05) is 0 Å². The van der Waals surface area contributed by atoms with E-state index in [1.54, 1.807) is 26.3 Å². The predicted molar refractivity (Wildman–Crippen MR) is 74.9 cm³/mol. The van der Waals surface area contributed by atoms with Crippen molar-refractivity contribution in [2.45, 2.75) is 11.3 Å². The number of ether oxygens (including phenoxy) is 1. The van der Waals surface area contributed by atoms with Crippen molar-refractivity contribution < 1.29 is 13.2 Å². The van der Waals surface area contributed by atoms with Gasteiger partial charge < -0.3 is 10.5 Å². The van der Waals surface area contributed by atoms with Gasteiger partial charge in [0.25, 0.3) is 0 Å². The zero-order chi connectivity index (χ0) is 13.8. The summed E-state index contributed by atoms with van der Waals surface area (Å²) in [7, 11) is -0.354. The zero-order valence-corrected chi connectivity index (χ0v) is 12.8. The lowest BCUT2D eigenvalue weighted by atomic mass is 10.3. The Morgan fingerprint density at radius 1 is 1.44 bits per heavy atom. The number of hydrogen-bond acceptors (Lipinski definition) is 4. The number of nitrogens with zero attached hydrogens (tertiary/aromatic N) is 1. The second-order valence-electron chi connectivity index (χ2n) is 3.86. The third kappa shape index (κ3) is 3.68. The van der Waals surface area contributed by atoms with Gasteiger partial charge in [-0.25, -0.2) is 12.7 Å². The van der Waals surface area contributed by atoms with Crippen molar-refractivity contribution in [2.24, 2.45) is 0 Å². The average Bonchev–Trinajstić information content (AvgIpc) is 2.28. The maximum absolute atomic E-state index is 12.3. The predicted octanol–water partition coefficient (Wildman–Crippen LogP) is 1.69. The fourth-order valence-electron chi connectivity index (χ4n) is 1.45. The SMILES string of the molecule is COCCCN(C)S(=O)(=O)c1ccc(N)cc1Br. The van der Waals surface area contributed by atoms with Crippen LogP contribution in [0.5, 0.6) is 0 Å². The Labute approximate surface area is 116 Å². The van der Waals surface area contributed by atoms with Crippen molar-refractivity contribution in [3.05, 3.63) is 22.7 Å². The van der Waals surface area contributed by atoms with E-state index in [4.69, 9.17) is 10.5 Å². The van der Waals surface area contributed by atoms with Crippen LogP contribution in [0, 0.1) is 0 Å². The van der Waals surface area contributed by atoms with Crippen LogP contribution in [0.15, 0.2) is 27.6 Å². The summed E-state index contributed by atoms with van der Waals surface area (Å²) >= 11 is 3.22. The lowest BCUT2D eigenvalue weighted by Gasteiger charge is -2.18. The smallest absolute Gasteiger partial charge is 0.243 e. The fraction of sp³-hybridized carbons (Fsp3) is 0.455. The number of anilines is 1. The first-order valence-corrected chi connectivity index (χ1v) is 7.63. The number of hydrogen-bond donors (Lipinski definition) is 1. The molecule has 0 saturated carbocycles. The number of benzene rings is 1. The Morgan fingerprint density at radius 2 is 2.11 bits per heavy atom. The van der Waals surface area contributed by atoms with Crippen LogP contribution in [0.25, 0.3) is 0 Å². The first kappa shape index (κ1) is 15.4. The molecular weight excluding hydrogens is 320 g/mol. The molecule has 0 aliphatic carbocycles. The van der Waals surface area contributed by atoms with Gasteiger partial charge in [0.05, 0.1) is 4.90 Å². The van der Waals surface area contributed by atoms with E-state index in [1.165, 1.54) is 10.4 Å². The van der Waals surface area contributed by atoms with E-state index >= 15 is 0 Å². The fourth-order valence-corrected chi connectivity index (χ4v) is 3.71. The summed E-state index contributed by atoms with van der Waals surface area (Å²) in [6, 6.07) is 4.65. The first-order chi connectivity index (χ1) is 8.39. The standard InChI is InChI=1S/C11H17BrN2O3S/c1-14(6-3-7-17-2)18(15,16)11-5-4-9(13)8-10(11)12/h4-5,8H,3,6-7,13H2,1-2H3. The topological polar surface area (TPSA) is 72.6 Å². The summed E-state index contributed by atoms with van der Waals surface area (Å²) < 4.78 is 31.2. The number of nitrogen functional groups attached to an aromatic ring is 1. The Hall–Kier alpha value is -0.630. The molecule has 0 amide bonds. The third-order valence-corrected chi connectivity index (χ3v) is 5.30. The van der Waals surface area contributed by atoms with Crippen LogP contribution in [-0.4, -0.2) is 40.0 Å². The lowest BCUT2D eigenvalue weighted by Crippen LogP contribution is -2.28. The van der Waals surface area contributed by atoms with E-state index in [1.807, 2.05) is 0 Å². The van der Waals surface area contributed by atoms with Crippen LogP contribution in [-0.2, 0) is 14.8 Å². The van der Waals surface area contributed by atoms with E-state index in [9.17, 15) is 8.42 Å². The second-order valence-corrected chi connectivity index (χ2v) is 6.73. The van der Waals surface area contributed by atoms with Gasteiger partial charge in [-0.15, -0.1) is 0 Å². The summed E-state index contributed by atoms with van der Waals surface area (Å²) in [5.74, 6) is 0. The van der Waals surface area contributed by atoms with Crippen molar-refractivity contribution in [3.8, 4) is 0 Å². The number of sulfonamides is 1. The molecule has 0 heterocycles. The molecule has 0 spiro atoms. The minimum Gasteiger partial charge on any atom is -0.399 e. The highest BCUT2D eigenvalue weighted by Crippen LogP contribution is 2.26. The van der Waals surface area contributed by atoms with E-state index in [0.717, 1.165) is 0 Å². The Morgan fingerprint density at radius 3 is 2.67 bits per heavy atom. The quantitative estimate of drug-likeness (QED) is 0.633. The van der Waals surface area contributed by atoms with E-state index in [2.05, 4.69) is 15.9 Å². The highest BCUT2D eigenvalue weighted by atomic mass is 79.9. The van der Waals surface area contributed by atoms with Crippen molar-refractivity contribution in [3.63, 3.8) is 0 Å². The molecule has 1 rings (SSSR count). The van der Waals surface area contributed by atoms with Gasteiger partial charge in [0.2, 0.25) is 10.0 Å². The summed E-state index contributed by atoms with van der Waals surface area (Å²) in [5.41, 5.74) is 6.11. The van der Waals surface area contributed by atoms with Crippen molar-refractivity contribution in [1.82, 2.24) is 4.31 Å². The van der Waals surface area contributed by atoms with Gasteiger partial charge in [0.1, 0.15) is 0 Å². The van der Waals surface area contributed by atoms with Crippen LogP contribution in [0.4, 0.5) is 5.69 Å². The first-order valence-electron chi connectivity index (χ1n) is 5.40. The second kappa shape index (κ2) is 6.51. The molecule has 0 unspecified atom stereocenters. The van der Waals surface area contributed by atoms with E-state index in [-0.39, 0.29) is 4.90 Å². The molecule has 1 aromatic carbocycles. The number of nitrogens with two attached hydrogens (primary N) is 1. The van der Waals surface area contributed by atoms with Gasteiger partial charge in [-0.3, -0.25) is 0 Å². The molecule has 102 valence electrons. The molecule has 0 bridgehead atoms. The van der Waals surface area contributed by atoms with Gasteiger partial charge in [-0.2, -0.15) is 0 Å². The minimum atomic E-state index is -3.49. The molecule has 18 heavy (non-hydrogen) atoms. The summed E-state index contributed by atoms with van der Waals surface area (Å²) in [6.07, 6.45) is 0.652. The molecule has 0 aliphatic rings. The molecule has 7 heteroatoms. The van der Waals surface area contributed by atoms with Gasteiger partial charge in [-0.05, 0) is 40.5 Å². The highest BCUT2D eigenvalue weighted by molar-refractivity contribution is 9.10. The molecule has 0 atom stereocenters. The van der Waals surface area contributed by atoms with Gasteiger partial charge in [0, 0.05) is 37.5 Å². The Bertz CT molecular complexity index is 505. The van der Waals surface area contributed by atoms with Crippen LogP contribution in [0.3, 0.4) is 0 Å². The number of halogens is 1. The van der Waals surface area contributed by atoms with Crippen molar-refractivity contribution in [2.75, 3.05) is 33.0 Å². The zero-order valence-electron chi connectivity index (χ0n) is 10.4. The molecule has 0 aliphatic heterocycles. The molecular formula is C11H17BrN2O3S. The van der Waals surface area contributed by atoms with E-state index in [0.29, 0.717) is 29.7 Å². The Kier molecular flexibility index (Phi) is 5.58. The van der Waals surface area contributed by atoms with Gasteiger partial charge in [0.15, 0.2) is 0 Å². The molecule has 0 radical (unpaired) electrons. The summed E-state index contributed by atoms with van der Waals surface area (Å²) in [4.78, 5) is 0.219. The monoisotopic (exact) mass is 336 g/mol. The summed E-state index contributed by atoms with van der Waals surface area (Å²) in [5, 5.41) is 0. The van der Waals surface area contributed by atoms with Crippen LogP contribution in [0.1, 0.15) is 6.42 Å². The molecule has 2 N–H and O–H groups in total. The third-order valence-electron chi connectivity index (χ3n) is 2.47. The Balaban J connectivity index is 2.91. The molecule has 5 nitrogen and oxygen atoms in total. The van der Waals surface area contributed by atoms with E-state index < -0.39 is 10.0 Å². The lowest BCUT2D eigenvalue weighted by molar-refractivity contribution is 0.189. The highest BCUT2D eigenvalue weighted by Gasteiger charge is 2.22. The number of methoxy groups -OCH3 is 1. The maximum atomic E-state index is 12.3. The molecule has 0 fully saturated rings. The largest absolute Gasteiger partial charge is 0.399 e. The van der Waals surface area contributed by atoms with Crippen molar-refractivity contribution >= 4 is 31.6 Å². The number of rotatable bonds is 6. The molecule has 1 aromatic rings. The molecule has 0 aromatic heterocycles. The minimum absolute atomic E-state index is 0.219. The maximum Gasteiger partial charge on any atom is 0.243 e. The van der Waals surface area contributed by atoms with Crippen LogP contribution >= 0.6 is 15.9 Å². The van der Waals surface area contributed by atoms with Gasteiger partial charge >= 0.3 is 0 Å². The van der Waals surface area contributed by atoms with Crippen molar-refractivity contribution in [1.29, 1.82) is 0 Å². The average molecular weight is 337 g/mol. The van der Waals surface area contributed by atoms with Crippen LogP contribution in [0.2, 0.25) is 0 Å². The normalized spacial score (nSPS) is 12.0. The molecule has 0 saturated heterocycles. The van der Waals surface area contributed by atoms with Crippen LogP contribution < -0.4 is 5.73 Å². The summed E-state index contributed by atoms with van der Waals surface area (Å²) in [6.45, 7) is 0.940.